The number of nitrogens with one attached hydrogen (secondary N) is 1. The van der Waals surface area contributed by atoms with Crippen LogP contribution in [0.15, 0.2) is 0 Å². The number of quaternary nitrogens is 1. The molecule has 22 heavy (non-hydrogen) atoms. The van der Waals surface area contributed by atoms with Gasteiger partial charge in [0.2, 0.25) is 6.04 Å². The number of hydrogen-bond acceptors (Lipinski definition) is 7. The topological polar surface area (TPSA) is 122 Å². The van der Waals surface area contributed by atoms with E-state index in [2.05, 4.69) is 41.3 Å². The number of halogens is 1. The zero-order valence-electron chi connectivity index (χ0n) is 13.7. The molecule has 132 valence electrons. The fourth-order valence-corrected chi connectivity index (χ4v) is 1.49. The summed E-state index contributed by atoms with van der Waals surface area (Å²) < 4.78 is 14.3. The van der Waals surface area contributed by atoms with Gasteiger partial charge >= 0.3 is 11.9 Å². The maximum atomic E-state index is 11.1. The molecule has 1 unspecified atom stereocenters. The Labute approximate surface area is 137 Å². The molecule has 9 heteroatoms. The summed E-state index contributed by atoms with van der Waals surface area (Å²) in [4.78, 5) is 21.4. The van der Waals surface area contributed by atoms with E-state index in [-0.39, 0.29) is 42.7 Å². The first kappa shape index (κ1) is 23.3. The summed E-state index contributed by atoms with van der Waals surface area (Å²) in [7, 11) is 2.64. The van der Waals surface area contributed by atoms with Gasteiger partial charge in [0.05, 0.1) is 20.8 Å². The van der Waals surface area contributed by atoms with E-state index in [9.17, 15) is 9.59 Å². The van der Waals surface area contributed by atoms with Crippen molar-refractivity contribution < 1.29 is 47.0 Å². The number of ether oxygens (including phenoxy) is 3. The zero-order chi connectivity index (χ0) is 16.6. The first-order valence-electron chi connectivity index (χ1n) is 6.64. The number of hydrogen-bond donors (Lipinski definition) is 3. The van der Waals surface area contributed by atoms with Crippen LogP contribution in [0.3, 0.4) is 0 Å². The summed E-state index contributed by atoms with van der Waals surface area (Å²) in [6, 6.07) is -0.950. The van der Waals surface area contributed by atoms with Gasteiger partial charge in [-0.3, -0.25) is 10.1 Å². The van der Waals surface area contributed by atoms with E-state index in [1.165, 1.54) is 14.2 Å². The van der Waals surface area contributed by atoms with Crippen LogP contribution in [-0.2, 0) is 23.8 Å². The molecular formula is C13H27ClN2O6. The van der Waals surface area contributed by atoms with Crippen LogP contribution < -0.4 is 23.5 Å². The Morgan fingerprint density at radius 1 is 1.36 bits per heavy atom. The number of carbonyl (C=O) groups is 2. The van der Waals surface area contributed by atoms with Crippen LogP contribution in [0.2, 0.25) is 0 Å². The van der Waals surface area contributed by atoms with Crippen LogP contribution in [0.4, 0.5) is 0 Å². The Hall–Kier alpha value is -0.930. The second-order valence-corrected chi connectivity index (χ2v) is 5.72. The van der Waals surface area contributed by atoms with Crippen molar-refractivity contribution >= 4 is 11.9 Å². The Morgan fingerprint density at radius 3 is 2.18 bits per heavy atom. The molecule has 0 saturated carbocycles. The molecule has 8 nitrogen and oxygen atoms in total. The predicted octanol–water partition coefficient (Wildman–Crippen LogP) is -4.71. The lowest BCUT2D eigenvalue weighted by Crippen LogP contribution is -3.00. The number of methoxy groups -OCH3 is 2. The summed E-state index contributed by atoms with van der Waals surface area (Å²) in [5, 5.41) is 11.4. The van der Waals surface area contributed by atoms with E-state index in [4.69, 9.17) is 9.84 Å². The summed E-state index contributed by atoms with van der Waals surface area (Å²) in [5.41, 5.74) is 3.31. The number of aliphatic hydroxyl groups is 1. The van der Waals surface area contributed by atoms with Gasteiger partial charge in [0, 0.05) is 5.41 Å². The normalized spacial score (nSPS) is 21.8. The van der Waals surface area contributed by atoms with E-state index < -0.39 is 12.0 Å². The molecule has 0 spiro atoms. The summed E-state index contributed by atoms with van der Waals surface area (Å²) in [6.45, 7) is 6.32. The highest BCUT2D eigenvalue weighted by molar-refractivity contribution is 5.76. The van der Waals surface area contributed by atoms with Crippen molar-refractivity contribution in [3.63, 3.8) is 0 Å². The van der Waals surface area contributed by atoms with Gasteiger partial charge < -0.3 is 37.5 Å². The summed E-state index contributed by atoms with van der Waals surface area (Å²) >= 11 is 0. The van der Waals surface area contributed by atoms with E-state index in [1.54, 1.807) is 0 Å². The predicted molar refractivity (Wildman–Crippen MR) is 73.9 cm³/mol. The van der Waals surface area contributed by atoms with Crippen LogP contribution in [0.5, 0.6) is 0 Å². The molecule has 0 amide bonds. The lowest BCUT2D eigenvalue weighted by molar-refractivity contribution is -0.413. The van der Waals surface area contributed by atoms with Gasteiger partial charge in [0.25, 0.3) is 0 Å². The standard InChI is InChI=1S/C9H17NO3.C4H9NO3.ClH/c1-9(2,3)8-10-6(5-13-8)7(11)12-4;1-8-4(7)3(5)2-6;/h6,8,10H,5H2,1-4H3;3,6H,2,5H2,1H3;1H/t6-,8?;3-;/m00./s1. The molecule has 1 saturated heterocycles. The largest absolute Gasteiger partial charge is 1.00 e. The van der Waals surface area contributed by atoms with E-state index in [1.807, 2.05) is 0 Å². The molecule has 1 fully saturated rings. The van der Waals surface area contributed by atoms with Crippen molar-refractivity contribution in [1.29, 1.82) is 0 Å². The molecule has 1 heterocycles. The maximum Gasteiger partial charge on any atom is 0.366 e. The zero-order valence-corrected chi connectivity index (χ0v) is 14.5. The third kappa shape index (κ3) is 7.90. The highest BCUT2D eigenvalue weighted by Crippen LogP contribution is 2.24. The third-order valence-electron chi connectivity index (χ3n) is 2.81. The molecular weight excluding hydrogens is 316 g/mol. The van der Waals surface area contributed by atoms with Gasteiger partial charge in [-0.15, -0.1) is 0 Å². The molecule has 1 rings (SSSR count). The van der Waals surface area contributed by atoms with Crippen molar-refractivity contribution in [3.05, 3.63) is 0 Å². The molecule has 0 aliphatic carbocycles. The molecule has 3 atom stereocenters. The van der Waals surface area contributed by atoms with Gasteiger partial charge in [0.1, 0.15) is 18.9 Å². The SMILES string of the molecule is COC(=O)[C@@H]([NH3+])CO.COC(=O)[C@@H]1COC(C(C)(C)C)N1.[Cl-]. The van der Waals surface area contributed by atoms with E-state index in [0.717, 1.165) is 0 Å². The number of esters is 2. The van der Waals surface area contributed by atoms with Crippen LogP contribution in [0, 0.1) is 5.41 Å². The number of carbonyl (C=O) groups excluding carboxylic acids is 2. The van der Waals surface area contributed by atoms with Gasteiger partial charge in [0.15, 0.2) is 0 Å². The van der Waals surface area contributed by atoms with Crippen LogP contribution in [-0.4, -0.2) is 62.8 Å². The average molecular weight is 343 g/mol. The average Bonchev–Trinajstić information content (AvgIpc) is 2.95. The minimum Gasteiger partial charge on any atom is -1.00 e. The van der Waals surface area contributed by atoms with Gasteiger partial charge in [-0.1, -0.05) is 20.8 Å². The number of aliphatic hydroxyl groups excluding tert-OH is 1. The Kier molecular flexibility index (Phi) is 11.4. The van der Waals surface area contributed by atoms with E-state index in [0.29, 0.717) is 6.61 Å². The highest BCUT2D eigenvalue weighted by atomic mass is 35.5. The first-order valence-corrected chi connectivity index (χ1v) is 6.64. The van der Waals surface area contributed by atoms with Crippen molar-refractivity contribution in [2.45, 2.75) is 39.1 Å². The Balaban J connectivity index is 0. The summed E-state index contributed by atoms with van der Waals surface area (Å²) in [5.74, 6) is -0.737. The smallest absolute Gasteiger partial charge is 0.366 e. The van der Waals surface area contributed by atoms with Gasteiger partial charge in [-0.05, 0) is 0 Å². The second kappa shape index (κ2) is 10.7. The van der Waals surface area contributed by atoms with Crippen LogP contribution >= 0.6 is 0 Å². The van der Waals surface area contributed by atoms with Crippen molar-refractivity contribution in [1.82, 2.24) is 5.32 Å². The fourth-order valence-electron chi connectivity index (χ4n) is 1.49. The Morgan fingerprint density at radius 2 is 1.91 bits per heavy atom. The Bertz CT molecular complexity index is 348. The van der Waals surface area contributed by atoms with Crippen LogP contribution in [0.25, 0.3) is 0 Å². The molecule has 0 aromatic rings. The molecule has 1 aliphatic heterocycles. The quantitative estimate of drug-likeness (QED) is 0.440. The van der Waals surface area contributed by atoms with Crippen LogP contribution in [0.1, 0.15) is 20.8 Å². The fraction of sp³-hybridized carbons (Fsp3) is 0.846. The molecule has 5 N–H and O–H groups in total. The highest BCUT2D eigenvalue weighted by Gasteiger charge is 2.36. The van der Waals surface area contributed by atoms with Gasteiger partial charge in [-0.25, -0.2) is 4.79 Å². The molecule has 0 radical (unpaired) electrons. The van der Waals surface area contributed by atoms with Crippen molar-refractivity contribution in [2.24, 2.45) is 5.41 Å². The van der Waals surface area contributed by atoms with Crippen molar-refractivity contribution in [3.8, 4) is 0 Å². The van der Waals surface area contributed by atoms with E-state index >= 15 is 0 Å². The minimum atomic E-state index is -0.639. The lowest BCUT2D eigenvalue weighted by Gasteiger charge is -2.26. The monoisotopic (exact) mass is 342 g/mol. The number of rotatable bonds is 3. The lowest BCUT2D eigenvalue weighted by atomic mass is 9.94. The molecule has 0 aromatic heterocycles. The van der Waals surface area contributed by atoms with Crippen molar-refractivity contribution in [2.75, 3.05) is 27.4 Å². The summed E-state index contributed by atoms with van der Waals surface area (Å²) in [6.07, 6.45) is -0.0726. The molecule has 0 bridgehead atoms. The molecule has 1 aliphatic rings. The van der Waals surface area contributed by atoms with Gasteiger partial charge in [-0.2, -0.15) is 0 Å². The maximum absolute atomic E-state index is 11.1. The first-order chi connectivity index (χ1) is 9.67. The molecule has 0 aromatic carbocycles. The third-order valence-corrected chi connectivity index (χ3v) is 2.81. The minimum absolute atomic E-state index is 0. The second-order valence-electron chi connectivity index (χ2n) is 5.72.